The zero-order chi connectivity index (χ0) is 24.0. The van der Waals surface area contributed by atoms with Crippen molar-refractivity contribution >= 4 is 22.5 Å². The summed E-state index contributed by atoms with van der Waals surface area (Å²) in [5, 5.41) is 11.2. The van der Waals surface area contributed by atoms with Gasteiger partial charge in [0.05, 0.1) is 6.61 Å². The molecule has 3 N–H and O–H groups in total. The molecule has 0 aromatic carbocycles. The third kappa shape index (κ3) is 5.66. The van der Waals surface area contributed by atoms with Crippen molar-refractivity contribution in [1.82, 2.24) is 9.55 Å². The van der Waals surface area contributed by atoms with Crippen LogP contribution in [0.25, 0.3) is 0 Å². The highest BCUT2D eigenvalue weighted by Gasteiger charge is 2.51. The quantitative estimate of drug-likeness (QED) is 0.611. The molecule has 1 aromatic rings. The molecule has 31 heavy (non-hydrogen) atoms. The lowest BCUT2D eigenvalue weighted by Crippen LogP contribution is -2.51. The van der Waals surface area contributed by atoms with Crippen molar-refractivity contribution in [3.05, 3.63) is 22.7 Å². The van der Waals surface area contributed by atoms with Gasteiger partial charge in [-0.1, -0.05) is 41.5 Å². The van der Waals surface area contributed by atoms with Crippen LogP contribution in [0.3, 0.4) is 0 Å². The Morgan fingerprint density at radius 1 is 1.13 bits per heavy atom. The zero-order valence-corrected chi connectivity index (χ0v) is 22.7. The maximum absolute atomic E-state index is 12.4. The first kappa shape index (κ1) is 26.2. The highest BCUT2D eigenvalue weighted by molar-refractivity contribution is 6.74. The molecule has 1 aliphatic rings. The maximum Gasteiger partial charge on any atom is 0.351 e. The first-order valence-electron chi connectivity index (χ1n) is 10.9. The number of hydrogen-bond acceptors (Lipinski definition) is 7. The summed E-state index contributed by atoms with van der Waals surface area (Å²) < 4.78 is 20.5. The molecule has 8 nitrogen and oxygen atoms in total. The van der Waals surface area contributed by atoms with Crippen LogP contribution in [-0.2, 0) is 13.6 Å². The Hall–Kier alpha value is -1.05. The molecule has 178 valence electrons. The lowest BCUT2D eigenvalue weighted by Gasteiger charge is -2.41. The molecule has 0 aliphatic carbocycles. The van der Waals surface area contributed by atoms with Crippen molar-refractivity contribution < 1.29 is 18.7 Å². The number of nitrogen functional groups attached to an aromatic ring is 1. The van der Waals surface area contributed by atoms with E-state index in [-0.39, 0.29) is 15.9 Å². The van der Waals surface area contributed by atoms with E-state index < -0.39 is 46.9 Å². The van der Waals surface area contributed by atoms with Gasteiger partial charge in [-0.3, -0.25) is 4.57 Å². The Balaban J connectivity index is 2.36. The first-order chi connectivity index (χ1) is 13.9. The topological polar surface area (TPSA) is 109 Å². The Morgan fingerprint density at radius 2 is 1.68 bits per heavy atom. The van der Waals surface area contributed by atoms with Crippen LogP contribution in [0, 0.1) is 0 Å². The monoisotopic (exact) mass is 471 g/mol. The molecule has 0 unspecified atom stereocenters. The van der Waals surface area contributed by atoms with Gasteiger partial charge in [-0.2, -0.15) is 4.98 Å². The predicted molar refractivity (Wildman–Crippen MR) is 128 cm³/mol. The van der Waals surface area contributed by atoms with Gasteiger partial charge < -0.3 is 24.4 Å². The summed E-state index contributed by atoms with van der Waals surface area (Å²) in [5.74, 6) is 0.126. The standard InChI is InChI=1S/C21H41N3O5Si2/c1-20(2,3)30(7,8)27-13-14-17(29-31(9,10)21(4,5)6)16(25)18(28-14)24-12-11-15(22)23-19(24)26/h11-12,14,16-18,25H,13H2,1-10H3,(H2,22,23,26)/t14-,16+,17-,18-/m1/s1. The van der Waals surface area contributed by atoms with E-state index in [1.165, 1.54) is 16.8 Å². The lowest BCUT2D eigenvalue weighted by atomic mass is 10.1. The first-order valence-corrected chi connectivity index (χ1v) is 16.7. The van der Waals surface area contributed by atoms with Crippen molar-refractivity contribution in [1.29, 1.82) is 0 Å². The number of ether oxygens (including phenoxy) is 1. The van der Waals surface area contributed by atoms with E-state index in [2.05, 4.69) is 72.7 Å². The molecular weight excluding hydrogens is 430 g/mol. The summed E-state index contributed by atoms with van der Waals surface area (Å²) >= 11 is 0. The van der Waals surface area contributed by atoms with Crippen LogP contribution in [0.1, 0.15) is 47.8 Å². The number of hydrogen-bond donors (Lipinski definition) is 2. The number of aromatic nitrogens is 2. The summed E-state index contributed by atoms with van der Waals surface area (Å²) in [6.45, 7) is 21.9. The number of aliphatic hydroxyl groups is 1. The minimum Gasteiger partial charge on any atom is -0.414 e. The molecule has 1 aliphatic heterocycles. The predicted octanol–water partition coefficient (Wildman–Crippen LogP) is 3.50. The molecule has 1 saturated heterocycles. The van der Waals surface area contributed by atoms with Crippen molar-refractivity contribution in [2.75, 3.05) is 12.3 Å². The van der Waals surface area contributed by atoms with Gasteiger partial charge in [0.25, 0.3) is 0 Å². The second kappa shape index (κ2) is 8.71. The summed E-state index contributed by atoms with van der Waals surface area (Å²) in [6, 6.07) is 1.51. The summed E-state index contributed by atoms with van der Waals surface area (Å²) in [7, 11) is -4.27. The average Bonchev–Trinajstić information content (AvgIpc) is 2.87. The van der Waals surface area contributed by atoms with E-state index in [0.29, 0.717) is 6.61 Å². The van der Waals surface area contributed by atoms with Crippen molar-refractivity contribution in [2.45, 2.75) is 102 Å². The normalized spacial score (nSPS) is 25.8. The summed E-state index contributed by atoms with van der Waals surface area (Å²) in [6.07, 6.45) is -1.57. The maximum atomic E-state index is 12.4. The van der Waals surface area contributed by atoms with Gasteiger partial charge in [-0.05, 0) is 42.3 Å². The van der Waals surface area contributed by atoms with Crippen LogP contribution < -0.4 is 11.4 Å². The van der Waals surface area contributed by atoms with Crippen LogP contribution in [0.5, 0.6) is 0 Å². The molecule has 2 heterocycles. The fraction of sp³-hybridized carbons (Fsp3) is 0.810. The van der Waals surface area contributed by atoms with Gasteiger partial charge in [-0.15, -0.1) is 0 Å². The van der Waals surface area contributed by atoms with E-state index in [9.17, 15) is 9.90 Å². The Kier molecular flexibility index (Phi) is 7.37. The van der Waals surface area contributed by atoms with Crippen molar-refractivity contribution in [3.8, 4) is 0 Å². The third-order valence-electron chi connectivity index (χ3n) is 7.09. The van der Waals surface area contributed by atoms with Crippen LogP contribution in [0.2, 0.25) is 36.3 Å². The lowest BCUT2D eigenvalue weighted by molar-refractivity contribution is -0.0527. The molecule has 1 aromatic heterocycles. The van der Waals surface area contributed by atoms with Gasteiger partial charge in [0.2, 0.25) is 0 Å². The molecule has 1 fully saturated rings. The summed E-state index contributed by atoms with van der Waals surface area (Å²) in [4.78, 5) is 16.2. The van der Waals surface area contributed by atoms with Gasteiger partial charge in [0, 0.05) is 6.20 Å². The SMILES string of the molecule is CC(C)(C)[Si](C)(C)OC[C@H]1O[C@@H](n2ccc(N)nc2=O)[C@@H](O)[C@@H]1O[Si](C)(C)C(C)(C)C. The zero-order valence-electron chi connectivity index (χ0n) is 20.7. The number of aliphatic hydroxyl groups excluding tert-OH is 1. The van der Waals surface area contributed by atoms with E-state index in [1.807, 2.05) is 0 Å². The molecule has 0 bridgehead atoms. The molecule has 0 amide bonds. The molecule has 10 heteroatoms. The largest absolute Gasteiger partial charge is 0.414 e. The molecular formula is C21H41N3O5Si2. The Labute approximate surface area is 188 Å². The minimum absolute atomic E-state index is 0.0389. The molecule has 0 saturated carbocycles. The van der Waals surface area contributed by atoms with E-state index in [1.54, 1.807) is 0 Å². The molecule has 4 atom stereocenters. The fourth-order valence-corrected chi connectivity index (χ4v) is 5.21. The molecule has 2 rings (SSSR count). The number of nitrogens with two attached hydrogens (primary N) is 1. The van der Waals surface area contributed by atoms with Crippen LogP contribution >= 0.6 is 0 Å². The van der Waals surface area contributed by atoms with Gasteiger partial charge >= 0.3 is 5.69 Å². The second-order valence-electron chi connectivity index (χ2n) is 11.5. The van der Waals surface area contributed by atoms with Gasteiger partial charge in [0.15, 0.2) is 22.9 Å². The summed E-state index contributed by atoms with van der Waals surface area (Å²) in [5.41, 5.74) is 5.05. The van der Waals surface area contributed by atoms with E-state index >= 15 is 0 Å². The van der Waals surface area contributed by atoms with Gasteiger partial charge in [-0.25, -0.2) is 4.79 Å². The molecule has 0 spiro atoms. The number of nitrogens with zero attached hydrogens (tertiary/aromatic N) is 2. The number of rotatable bonds is 6. The number of anilines is 1. The van der Waals surface area contributed by atoms with Crippen LogP contribution in [0.4, 0.5) is 5.82 Å². The second-order valence-corrected chi connectivity index (χ2v) is 21.1. The minimum atomic E-state index is -2.23. The average molecular weight is 472 g/mol. The van der Waals surface area contributed by atoms with Gasteiger partial charge in [0.1, 0.15) is 24.1 Å². The van der Waals surface area contributed by atoms with Crippen molar-refractivity contribution in [2.24, 2.45) is 0 Å². The van der Waals surface area contributed by atoms with Crippen LogP contribution in [-0.4, -0.2) is 56.2 Å². The van der Waals surface area contributed by atoms with E-state index in [0.717, 1.165) is 0 Å². The highest BCUT2D eigenvalue weighted by atomic mass is 28.4. The molecule has 0 radical (unpaired) electrons. The highest BCUT2D eigenvalue weighted by Crippen LogP contribution is 2.42. The van der Waals surface area contributed by atoms with Crippen molar-refractivity contribution in [3.63, 3.8) is 0 Å². The third-order valence-corrected chi connectivity index (χ3v) is 16.1. The Bertz CT molecular complexity index is 830. The van der Waals surface area contributed by atoms with E-state index in [4.69, 9.17) is 19.3 Å². The Morgan fingerprint density at radius 3 is 2.16 bits per heavy atom. The van der Waals surface area contributed by atoms with Crippen LogP contribution in [0.15, 0.2) is 17.1 Å². The fourth-order valence-electron chi connectivity index (χ4n) is 2.87. The smallest absolute Gasteiger partial charge is 0.351 e.